The number of anilines is 2. The molecule has 1 unspecified atom stereocenters. The number of methoxy groups -OCH3 is 1. The van der Waals surface area contributed by atoms with Gasteiger partial charge in [0, 0.05) is 31.1 Å². The Morgan fingerprint density at radius 3 is 2.88 bits per heavy atom. The first-order valence-corrected chi connectivity index (χ1v) is 6.62. The van der Waals surface area contributed by atoms with Crippen LogP contribution in [0.25, 0.3) is 0 Å². The minimum atomic E-state index is 0.352. The van der Waals surface area contributed by atoms with Crippen LogP contribution in [0, 0.1) is 0 Å². The van der Waals surface area contributed by atoms with Gasteiger partial charge in [-0.15, -0.1) is 0 Å². The molecule has 2 rings (SSSR count). The van der Waals surface area contributed by atoms with Crippen LogP contribution < -0.4 is 15.0 Å². The Kier molecular flexibility index (Phi) is 3.88. The first-order chi connectivity index (χ1) is 8.22. The molecule has 0 saturated carbocycles. The lowest BCUT2D eigenvalue weighted by Crippen LogP contribution is -2.37. The third-order valence-electron chi connectivity index (χ3n) is 2.53. The highest BCUT2D eigenvalue weighted by molar-refractivity contribution is 8.00. The average Bonchev–Trinajstić information content (AvgIpc) is 2.38. The fraction of sp³-hybridized carbons (Fsp3) is 0.700. The van der Waals surface area contributed by atoms with Gasteiger partial charge in [-0.05, 0) is 0 Å². The summed E-state index contributed by atoms with van der Waals surface area (Å²) in [4.78, 5) is 14.9. The fourth-order valence-corrected chi connectivity index (χ4v) is 2.70. The minimum Gasteiger partial charge on any atom is -0.467 e. The predicted molar refractivity (Wildman–Crippen MR) is 70.1 cm³/mol. The molecule has 1 aromatic heterocycles. The third kappa shape index (κ3) is 2.91. The highest BCUT2D eigenvalue weighted by Gasteiger charge is 2.20. The zero-order valence-electron chi connectivity index (χ0n) is 10.3. The van der Waals surface area contributed by atoms with Gasteiger partial charge in [0.05, 0.1) is 7.11 Å². The van der Waals surface area contributed by atoms with E-state index in [2.05, 4.69) is 32.1 Å². The molecule has 1 N–H and O–H groups in total. The first-order valence-electron chi connectivity index (χ1n) is 5.57. The van der Waals surface area contributed by atoms with E-state index >= 15 is 0 Å². The van der Waals surface area contributed by atoms with Gasteiger partial charge in [-0.1, -0.05) is 6.92 Å². The molecule has 0 amide bonds. The van der Waals surface area contributed by atoms with Crippen LogP contribution in [-0.2, 0) is 0 Å². The van der Waals surface area contributed by atoms with Gasteiger partial charge in [0.2, 0.25) is 11.9 Å². The summed E-state index contributed by atoms with van der Waals surface area (Å²) in [5, 5.41) is 3.52. The van der Waals surface area contributed by atoms with E-state index in [0.29, 0.717) is 23.2 Å². The molecule has 1 atom stereocenters. The molecule has 0 aromatic carbocycles. The van der Waals surface area contributed by atoms with Gasteiger partial charge < -0.3 is 15.0 Å². The summed E-state index contributed by atoms with van der Waals surface area (Å²) < 4.78 is 5.08. The second-order valence-corrected chi connectivity index (χ2v) is 5.37. The zero-order chi connectivity index (χ0) is 12.3. The van der Waals surface area contributed by atoms with Crippen LogP contribution in [0.4, 0.5) is 11.9 Å². The number of hydrogen-bond donors (Lipinski definition) is 1. The molecule has 0 bridgehead atoms. The molecule has 17 heavy (non-hydrogen) atoms. The second-order valence-electron chi connectivity index (χ2n) is 3.82. The predicted octanol–water partition coefficient (Wildman–Crippen LogP) is 0.864. The number of nitrogens with zero attached hydrogens (tertiary/aromatic N) is 4. The summed E-state index contributed by atoms with van der Waals surface area (Å²) >= 11 is 1.98. The molecule has 0 spiro atoms. The summed E-state index contributed by atoms with van der Waals surface area (Å²) in [6.45, 7) is 4.14. The number of hydrogen-bond acceptors (Lipinski definition) is 7. The molecule has 1 aliphatic rings. The quantitative estimate of drug-likeness (QED) is 0.859. The molecule has 1 saturated heterocycles. The Labute approximate surface area is 105 Å². The van der Waals surface area contributed by atoms with Crippen LogP contribution in [-0.4, -0.2) is 53.2 Å². The van der Waals surface area contributed by atoms with Crippen LogP contribution in [0.2, 0.25) is 0 Å². The lowest BCUT2D eigenvalue weighted by Gasteiger charge is -2.30. The van der Waals surface area contributed by atoms with Gasteiger partial charge in [0.1, 0.15) is 0 Å². The molecule has 1 aromatic rings. The number of rotatable bonds is 3. The number of ether oxygens (including phenoxy) is 1. The smallest absolute Gasteiger partial charge is 0.322 e. The van der Waals surface area contributed by atoms with Crippen molar-refractivity contribution in [2.75, 3.05) is 43.2 Å². The highest BCUT2D eigenvalue weighted by Crippen LogP contribution is 2.22. The van der Waals surface area contributed by atoms with Crippen molar-refractivity contribution in [2.45, 2.75) is 12.2 Å². The Bertz CT molecular complexity index is 367. The van der Waals surface area contributed by atoms with E-state index in [1.807, 2.05) is 11.8 Å². The minimum absolute atomic E-state index is 0.352. The molecule has 2 heterocycles. The van der Waals surface area contributed by atoms with E-state index in [1.54, 1.807) is 14.2 Å². The monoisotopic (exact) mass is 255 g/mol. The summed E-state index contributed by atoms with van der Waals surface area (Å²) in [5.41, 5.74) is 0. The van der Waals surface area contributed by atoms with Crippen molar-refractivity contribution in [2.24, 2.45) is 0 Å². The standard InChI is InChI=1S/C10H17N5OS/c1-7-6-15(4-5-17-7)9-12-8(11-2)13-10(14-9)16-3/h7H,4-6H2,1-3H3,(H,11,12,13,14). The molecule has 0 aliphatic carbocycles. The second kappa shape index (κ2) is 5.39. The topological polar surface area (TPSA) is 63.2 Å². The number of thioether (sulfide) groups is 1. The maximum Gasteiger partial charge on any atom is 0.322 e. The van der Waals surface area contributed by atoms with E-state index in [-0.39, 0.29) is 0 Å². The molecule has 1 fully saturated rings. The highest BCUT2D eigenvalue weighted by atomic mass is 32.2. The summed E-state index contributed by atoms with van der Waals surface area (Å²) in [7, 11) is 3.35. The van der Waals surface area contributed by atoms with E-state index in [4.69, 9.17) is 4.74 Å². The summed E-state index contributed by atoms with van der Waals surface area (Å²) in [6.07, 6.45) is 0. The van der Waals surface area contributed by atoms with E-state index < -0.39 is 0 Å². The summed E-state index contributed by atoms with van der Waals surface area (Å²) in [6, 6.07) is 0.352. The van der Waals surface area contributed by atoms with Crippen LogP contribution in [0.5, 0.6) is 6.01 Å². The zero-order valence-corrected chi connectivity index (χ0v) is 11.1. The molecule has 6 nitrogen and oxygen atoms in total. The largest absolute Gasteiger partial charge is 0.467 e. The van der Waals surface area contributed by atoms with Crippen molar-refractivity contribution in [3.05, 3.63) is 0 Å². The van der Waals surface area contributed by atoms with E-state index in [1.165, 1.54) is 0 Å². The lowest BCUT2D eigenvalue weighted by molar-refractivity contribution is 0.378. The van der Waals surface area contributed by atoms with Crippen LogP contribution in [0.1, 0.15) is 6.92 Å². The van der Waals surface area contributed by atoms with Crippen molar-refractivity contribution in [1.82, 2.24) is 15.0 Å². The van der Waals surface area contributed by atoms with Gasteiger partial charge in [-0.25, -0.2) is 0 Å². The van der Waals surface area contributed by atoms with Crippen molar-refractivity contribution in [1.29, 1.82) is 0 Å². The van der Waals surface area contributed by atoms with E-state index in [9.17, 15) is 0 Å². The van der Waals surface area contributed by atoms with E-state index in [0.717, 1.165) is 18.8 Å². The molecule has 94 valence electrons. The van der Waals surface area contributed by atoms with Crippen molar-refractivity contribution >= 4 is 23.7 Å². The molecule has 7 heteroatoms. The van der Waals surface area contributed by atoms with Crippen LogP contribution in [0.15, 0.2) is 0 Å². The van der Waals surface area contributed by atoms with Gasteiger partial charge in [0.15, 0.2) is 0 Å². The molecular formula is C10H17N5OS. The maximum absolute atomic E-state index is 5.08. The van der Waals surface area contributed by atoms with Gasteiger partial charge in [-0.3, -0.25) is 0 Å². The lowest BCUT2D eigenvalue weighted by atomic mass is 10.4. The molecular weight excluding hydrogens is 238 g/mol. The molecule has 1 aliphatic heterocycles. The van der Waals surface area contributed by atoms with Crippen molar-refractivity contribution in [3.8, 4) is 6.01 Å². The summed E-state index contributed by atoms with van der Waals surface area (Å²) in [5.74, 6) is 2.33. The third-order valence-corrected chi connectivity index (χ3v) is 3.67. The van der Waals surface area contributed by atoms with Gasteiger partial charge >= 0.3 is 6.01 Å². The van der Waals surface area contributed by atoms with Crippen molar-refractivity contribution in [3.63, 3.8) is 0 Å². The van der Waals surface area contributed by atoms with Crippen LogP contribution >= 0.6 is 11.8 Å². The van der Waals surface area contributed by atoms with Crippen molar-refractivity contribution < 1.29 is 4.74 Å². The Morgan fingerprint density at radius 2 is 2.24 bits per heavy atom. The van der Waals surface area contributed by atoms with Crippen LogP contribution in [0.3, 0.4) is 0 Å². The normalized spacial score (nSPS) is 20.2. The maximum atomic E-state index is 5.08. The first kappa shape index (κ1) is 12.2. The Hall–Kier alpha value is -1.24. The number of aromatic nitrogens is 3. The number of nitrogens with one attached hydrogen (secondary N) is 1. The van der Waals surface area contributed by atoms with Gasteiger partial charge in [-0.2, -0.15) is 26.7 Å². The average molecular weight is 255 g/mol. The fourth-order valence-electron chi connectivity index (χ4n) is 1.69. The molecule has 0 radical (unpaired) electrons. The SMILES string of the molecule is CNc1nc(OC)nc(N2CCSC(C)C2)n1. The van der Waals surface area contributed by atoms with Gasteiger partial charge in [0.25, 0.3) is 0 Å². The Balaban J connectivity index is 2.23. The Morgan fingerprint density at radius 1 is 1.41 bits per heavy atom.